The molecule has 18 rings (SSSR count). The van der Waals surface area contributed by atoms with E-state index in [4.69, 9.17) is 18.9 Å². The first kappa shape index (κ1) is 90.9. The van der Waals surface area contributed by atoms with E-state index >= 15 is 0 Å². The average molecular weight is 1740 g/mol. The molecule has 0 amide bonds. The molecule has 6 aliphatic rings. The Bertz CT molecular complexity index is 4860. The van der Waals surface area contributed by atoms with E-state index in [-0.39, 0.29) is 38.6 Å². The predicted molar refractivity (Wildman–Crippen MR) is 517 cm³/mol. The quantitative estimate of drug-likeness (QED) is 0.0573. The molecule has 12 aromatic rings. The predicted octanol–water partition coefficient (Wildman–Crippen LogP) is 35.8. The molecule has 8 heterocycles. The molecule has 4 aliphatic heterocycles. The standard InChI is InChI=1S/C45H42O2S6.C42H36O2S6.4C2H6.3CH4/c1-3-5-7-8-9-25-47-35-18-12-31(13-19-35)33-15-21-39-41(29-33)53-45(51-39)43-37(23-27-49-43)36-22-26-48-42(36)44(45)50-38-20-14-32(28-40(38)52-44)30-10-16-34(17-11-30)46-24-6-4-2;1-3-5-23-43-29-17-13-27(14-18-29)31-9-7-11-35-37(31)49-41(47-35)39-33(21-25-45-39)34-22-26-46-40(34)42(41)48-36-12-8-10-32(38(36)50-42)28-15-19-30(20-16-28)44-24-6-4-2;4*1-2;;;/h10-23,26-29H,3-9,24-25H2,1-2H3;7-22,25-26H,3-6,23-24H2,1-2H3;4*1-2H3;3*1H4. The molecule has 4 nitrogen and oxygen atoms in total. The van der Waals surface area contributed by atoms with E-state index in [2.05, 4.69) is 337 Å². The first-order chi connectivity index (χ1) is 54.7. The zero-order valence-electron chi connectivity index (χ0n) is 65.9. The van der Waals surface area contributed by atoms with Gasteiger partial charge in [-0.3, -0.25) is 0 Å². The number of thiophene rings is 4. The van der Waals surface area contributed by atoms with Gasteiger partial charge in [0, 0.05) is 58.7 Å². The number of fused-ring (bicyclic) bond motifs is 16. The molecule has 0 bridgehead atoms. The molecule has 4 unspecified atom stereocenters. The van der Waals surface area contributed by atoms with Crippen LogP contribution < -0.4 is 18.9 Å². The van der Waals surface area contributed by atoms with Crippen LogP contribution in [0.1, 0.15) is 196 Å². The number of unbranched alkanes of at least 4 members (excludes halogenated alkanes) is 7. The van der Waals surface area contributed by atoms with Gasteiger partial charge >= 0.3 is 0 Å². The first-order valence-electron chi connectivity index (χ1n) is 40.1. The molecule has 16 heteroatoms. The summed E-state index contributed by atoms with van der Waals surface area (Å²) in [5.74, 6) is 3.79. The highest BCUT2D eigenvalue weighted by Crippen LogP contribution is 2.85. The van der Waals surface area contributed by atoms with Gasteiger partial charge in [-0.1, -0.05) is 329 Å². The van der Waals surface area contributed by atoms with Gasteiger partial charge in [0.05, 0.1) is 26.4 Å². The van der Waals surface area contributed by atoms with Crippen LogP contribution >= 0.6 is 139 Å². The number of thioether (sulfide) groups is 8. The van der Waals surface area contributed by atoms with Crippen molar-refractivity contribution < 1.29 is 18.9 Å². The lowest BCUT2D eigenvalue weighted by Gasteiger charge is -2.46. The van der Waals surface area contributed by atoms with Gasteiger partial charge in [-0.15, -0.1) is 45.3 Å². The van der Waals surface area contributed by atoms with Crippen LogP contribution in [0, 0.1) is 0 Å². The average Bonchev–Trinajstić information content (AvgIpc) is 1.51. The minimum absolute atomic E-state index is 0. The second-order valence-corrected chi connectivity index (χ2v) is 41.2. The summed E-state index contributed by atoms with van der Waals surface area (Å²) in [6, 6.07) is 72.2. The second-order valence-electron chi connectivity index (χ2n) is 26.5. The molecule has 8 aromatic carbocycles. The minimum atomic E-state index is -0.251. The van der Waals surface area contributed by atoms with Crippen molar-refractivity contribution in [3.63, 3.8) is 0 Å². The Labute approximate surface area is 733 Å². The zero-order valence-corrected chi connectivity index (χ0v) is 75.7. The van der Waals surface area contributed by atoms with Crippen LogP contribution in [0.5, 0.6) is 23.0 Å². The van der Waals surface area contributed by atoms with E-state index in [1.807, 2.05) is 101 Å². The van der Waals surface area contributed by atoms with Gasteiger partial charge in [-0.25, -0.2) is 0 Å². The third kappa shape index (κ3) is 17.9. The molecule has 602 valence electrons. The number of ether oxygens (including phenoxy) is 4. The van der Waals surface area contributed by atoms with E-state index < -0.39 is 0 Å². The van der Waals surface area contributed by atoms with Crippen LogP contribution in [0.4, 0.5) is 0 Å². The van der Waals surface area contributed by atoms with Gasteiger partial charge in [0.2, 0.25) is 0 Å². The summed E-state index contributed by atoms with van der Waals surface area (Å²) >= 11 is 24.4. The van der Waals surface area contributed by atoms with Crippen LogP contribution in [-0.4, -0.2) is 26.4 Å². The fraction of sp³-hybridized carbons (Fsp3) is 0.347. The van der Waals surface area contributed by atoms with Crippen molar-refractivity contribution >= 4 is 139 Å². The molecule has 4 aromatic heterocycles. The van der Waals surface area contributed by atoms with E-state index in [9.17, 15) is 0 Å². The lowest BCUT2D eigenvalue weighted by Crippen LogP contribution is -2.38. The summed E-state index contributed by atoms with van der Waals surface area (Å²) in [4.78, 5) is 16.9. The van der Waals surface area contributed by atoms with Gasteiger partial charge in [0.15, 0.2) is 0 Å². The fourth-order valence-electron chi connectivity index (χ4n) is 14.3. The maximum atomic E-state index is 6.09. The van der Waals surface area contributed by atoms with Crippen molar-refractivity contribution in [3.05, 3.63) is 235 Å². The number of benzene rings is 8. The Morgan fingerprint density at radius 2 is 0.509 bits per heavy atom. The maximum Gasteiger partial charge on any atom is 0.134 e. The third-order valence-corrected chi connectivity index (χ3v) is 39.5. The molecule has 0 radical (unpaired) electrons. The smallest absolute Gasteiger partial charge is 0.134 e. The van der Waals surface area contributed by atoms with E-state index in [1.165, 1.54) is 151 Å². The molecular weight excluding hydrogens is 1630 g/mol. The normalized spacial score (nSPS) is 17.8. The van der Waals surface area contributed by atoms with Crippen molar-refractivity contribution in [2.24, 2.45) is 0 Å². The summed E-state index contributed by atoms with van der Waals surface area (Å²) in [5, 5.41) is 9.23. The van der Waals surface area contributed by atoms with Crippen LogP contribution in [0.2, 0.25) is 0 Å². The summed E-state index contributed by atoms with van der Waals surface area (Å²) < 4.78 is 23.2. The molecule has 114 heavy (non-hydrogen) atoms. The van der Waals surface area contributed by atoms with E-state index in [0.29, 0.717) is 0 Å². The monoisotopic (exact) mass is 1740 g/mol. The molecule has 0 saturated heterocycles. The molecular formula is C98H114O4S12. The highest BCUT2D eigenvalue weighted by Gasteiger charge is 2.68. The van der Waals surface area contributed by atoms with Gasteiger partial charge in [-0.2, -0.15) is 0 Å². The van der Waals surface area contributed by atoms with Gasteiger partial charge in [-0.05, 0) is 223 Å². The highest BCUT2D eigenvalue weighted by atomic mass is 32.2. The van der Waals surface area contributed by atoms with Crippen LogP contribution in [0.3, 0.4) is 0 Å². The lowest BCUT2D eigenvalue weighted by molar-refractivity contribution is 0.304. The van der Waals surface area contributed by atoms with Gasteiger partial charge in [0.1, 0.15) is 39.3 Å². The second kappa shape index (κ2) is 42.5. The van der Waals surface area contributed by atoms with Crippen molar-refractivity contribution in [3.8, 4) is 89.8 Å². The first-order valence-corrected chi connectivity index (χ1v) is 50.1. The highest BCUT2D eigenvalue weighted by molar-refractivity contribution is 8.27. The summed E-state index contributed by atoms with van der Waals surface area (Å²) in [7, 11) is 0. The zero-order chi connectivity index (χ0) is 77.5. The van der Waals surface area contributed by atoms with Crippen molar-refractivity contribution in [1.82, 2.24) is 0 Å². The Morgan fingerprint density at radius 1 is 0.237 bits per heavy atom. The third-order valence-electron chi connectivity index (χ3n) is 19.7. The molecule has 2 aliphatic carbocycles. The summed E-state index contributed by atoms with van der Waals surface area (Å²) in [6.07, 6.45) is 12.9. The molecule has 4 atom stereocenters. The molecule has 0 saturated carbocycles. The number of hydrogen-bond acceptors (Lipinski definition) is 16. The Hall–Kier alpha value is -5.44. The van der Waals surface area contributed by atoms with Crippen LogP contribution in [0.15, 0.2) is 255 Å². The minimum Gasteiger partial charge on any atom is -0.494 e. The van der Waals surface area contributed by atoms with Crippen LogP contribution in [0.25, 0.3) is 66.8 Å². The summed E-state index contributed by atoms with van der Waals surface area (Å²) in [6.45, 7) is 27.9. The summed E-state index contributed by atoms with van der Waals surface area (Å²) in [5.41, 5.74) is 15.7. The van der Waals surface area contributed by atoms with Crippen molar-refractivity contribution in [1.29, 1.82) is 0 Å². The van der Waals surface area contributed by atoms with Gasteiger partial charge < -0.3 is 18.9 Å². The number of rotatable bonds is 23. The van der Waals surface area contributed by atoms with Crippen LogP contribution in [-0.2, 0) is 16.3 Å². The molecule has 0 fully saturated rings. The largest absolute Gasteiger partial charge is 0.494 e. The molecule has 4 spiro atoms. The lowest BCUT2D eigenvalue weighted by atomic mass is 9.96. The maximum absolute atomic E-state index is 6.09. The van der Waals surface area contributed by atoms with E-state index in [0.717, 1.165) is 94.4 Å². The Balaban J connectivity index is 0.000000217. The number of hydrogen-bond donors (Lipinski definition) is 0. The Morgan fingerprint density at radius 3 is 0.833 bits per heavy atom. The fourth-order valence-corrected chi connectivity index (χ4v) is 35.5. The van der Waals surface area contributed by atoms with Gasteiger partial charge in [0.25, 0.3) is 0 Å². The topological polar surface area (TPSA) is 36.9 Å². The Kier molecular flexibility index (Phi) is 33.9. The van der Waals surface area contributed by atoms with E-state index in [1.54, 1.807) is 0 Å². The van der Waals surface area contributed by atoms with Crippen molar-refractivity contribution in [2.45, 2.75) is 231 Å². The van der Waals surface area contributed by atoms with Crippen molar-refractivity contribution in [2.75, 3.05) is 26.4 Å². The molecule has 0 N–H and O–H groups in total. The SMILES string of the molecule is C.C.C.CC.CC.CC.CC.CCCCCCCOc1ccc(-c2ccc3c(c2)SC2(S3)c3sccc3-c3ccsc3C23Sc2ccc(-c4ccc(OCCCC)cc4)cc2S3)cc1.CCCCOc1ccc(-c2cccc3c2SC2(S3)c3sccc3-c3ccsc3C23Sc2cccc(-c4ccc(OCCCC)cc4)c2S3)cc1.